The van der Waals surface area contributed by atoms with E-state index in [9.17, 15) is 15.0 Å². The van der Waals surface area contributed by atoms with Gasteiger partial charge in [0, 0.05) is 32.3 Å². The molecule has 0 saturated carbocycles. The topological polar surface area (TPSA) is 87.8 Å². The first-order valence-electron chi connectivity index (χ1n) is 21.3. The van der Waals surface area contributed by atoms with Crippen LogP contribution in [0.3, 0.4) is 0 Å². The van der Waals surface area contributed by atoms with Gasteiger partial charge < -0.3 is 19.5 Å². The second kappa shape index (κ2) is 29.2. The fourth-order valence-electron chi connectivity index (χ4n) is 7.42. The lowest BCUT2D eigenvalue weighted by Gasteiger charge is -2.39. The van der Waals surface area contributed by atoms with E-state index in [2.05, 4.69) is 30.7 Å². The van der Waals surface area contributed by atoms with E-state index in [-0.39, 0.29) is 18.2 Å². The number of rotatable bonds is 33. The third-order valence-corrected chi connectivity index (χ3v) is 10.6. The van der Waals surface area contributed by atoms with Crippen LogP contribution in [-0.4, -0.2) is 68.1 Å². The van der Waals surface area contributed by atoms with Crippen LogP contribution in [0.1, 0.15) is 200 Å². The Morgan fingerprint density at radius 1 is 0.673 bits per heavy atom. The fourth-order valence-corrected chi connectivity index (χ4v) is 7.42. The van der Waals surface area contributed by atoms with E-state index in [0.29, 0.717) is 26.1 Å². The molecule has 1 aliphatic rings. The van der Waals surface area contributed by atoms with E-state index in [1.54, 1.807) is 6.33 Å². The van der Waals surface area contributed by atoms with Crippen molar-refractivity contribution in [3.05, 3.63) is 18.2 Å². The molecular formula is C42H79N3O4. The lowest BCUT2D eigenvalue weighted by atomic mass is 10.0. The van der Waals surface area contributed by atoms with Gasteiger partial charge in [0.25, 0.3) is 0 Å². The molecule has 1 aliphatic heterocycles. The van der Waals surface area contributed by atoms with Crippen LogP contribution in [-0.2, 0) is 22.5 Å². The quantitative estimate of drug-likeness (QED) is 0.0564. The minimum absolute atomic E-state index is 0.108. The molecule has 1 aromatic rings. The van der Waals surface area contributed by atoms with Gasteiger partial charge in [-0.3, -0.25) is 9.69 Å². The van der Waals surface area contributed by atoms with Crippen molar-refractivity contribution in [2.75, 3.05) is 13.1 Å². The summed E-state index contributed by atoms with van der Waals surface area (Å²) in [4.78, 5) is 20.3. The maximum Gasteiger partial charge on any atom is 0.324 e. The maximum atomic E-state index is 13.5. The SMILES string of the molecule is CCCCCCCCCCC(O)CN1CC(CCCCCCCCCC)OC(=O)C1Cc1cn(CC(O)CCCCCCCCCC)cn1. The molecule has 7 heteroatoms. The van der Waals surface area contributed by atoms with Crippen LogP contribution in [0, 0.1) is 0 Å². The molecule has 0 radical (unpaired) electrons. The molecule has 0 spiro atoms. The van der Waals surface area contributed by atoms with Gasteiger partial charge in [0.2, 0.25) is 0 Å². The van der Waals surface area contributed by atoms with Crippen molar-refractivity contribution < 1.29 is 19.7 Å². The maximum absolute atomic E-state index is 13.5. The summed E-state index contributed by atoms with van der Waals surface area (Å²) in [5.74, 6) is -0.181. The smallest absolute Gasteiger partial charge is 0.324 e. The molecule has 1 saturated heterocycles. The molecule has 4 atom stereocenters. The summed E-state index contributed by atoms with van der Waals surface area (Å²) < 4.78 is 7.99. The third kappa shape index (κ3) is 21.5. The van der Waals surface area contributed by atoms with Crippen molar-refractivity contribution in [2.24, 2.45) is 0 Å². The number of aliphatic hydroxyl groups excluding tert-OH is 2. The average molecular weight is 690 g/mol. The van der Waals surface area contributed by atoms with Crippen LogP contribution in [0.5, 0.6) is 0 Å². The molecule has 0 aromatic carbocycles. The summed E-state index contributed by atoms with van der Waals surface area (Å²) in [5.41, 5.74) is 0.838. The minimum atomic E-state index is -0.443. The number of β-amino-alcohol motifs (C(OH)–C–C–N with tert-alkyl or cyclic N) is 1. The third-order valence-electron chi connectivity index (χ3n) is 10.6. The van der Waals surface area contributed by atoms with Crippen molar-refractivity contribution in [2.45, 2.75) is 231 Å². The molecule has 286 valence electrons. The molecular weight excluding hydrogens is 610 g/mol. The second-order valence-corrected chi connectivity index (χ2v) is 15.4. The average Bonchev–Trinajstić information content (AvgIpc) is 3.52. The molecule has 49 heavy (non-hydrogen) atoms. The van der Waals surface area contributed by atoms with Crippen molar-refractivity contribution >= 4 is 5.97 Å². The number of hydrogen-bond acceptors (Lipinski definition) is 6. The summed E-state index contributed by atoms with van der Waals surface area (Å²) in [6, 6.07) is -0.436. The lowest BCUT2D eigenvalue weighted by Crippen LogP contribution is -2.55. The van der Waals surface area contributed by atoms with E-state index >= 15 is 0 Å². The van der Waals surface area contributed by atoms with E-state index in [1.807, 2.05) is 10.8 Å². The number of unbranched alkanes of at least 4 members (excludes halogenated alkanes) is 21. The number of aliphatic hydroxyl groups is 2. The normalized spacial score (nSPS) is 18.2. The van der Waals surface area contributed by atoms with Crippen LogP contribution in [0.4, 0.5) is 0 Å². The van der Waals surface area contributed by atoms with Crippen LogP contribution >= 0.6 is 0 Å². The standard InChI is InChI=1S/C42H79N3O4/c1-4-7-10-13-16-19-22-25-28-38(46)33-44-32-37(43-36-44)31-41-42(48)49-40(30-27-24-21-18-15-12-9-6-3)35-45(41)34-39(47)29-26-23-20-17-14-11-8-5-2/h32,36,38-41,46-47H,4-31,33-35H2,1-3H3. The number of nitrogens with zero attached hydrogens (tertiary/aromatic N) is 3. The molecule has 2 N–H and O–H groups in total. The number of carbonyl (C=O) groups excluding carboxylic acids is 1. The van der Waals surface area contributed by atoms with Crippen molar-refractivity contribution in [1.82, 2.24) is 14.5 Å². The zero-order valence-corrected chi connectivity index (χ0v) is 32.4. The first-order valence-corrected chi connectivity index (χ1v) is 21.3. The van der Waals surface area contributed by atoms with Crippen LogP contribution in [0.2, 0.25) is 0 Å². The van der Waals surface area contributed by atoms with Gasteiger partial charge in [0.05, 0.1) is 24.2 Å². The van der Waals surface area contributed by atoms with Crippen molar-refractivity contribution in [3.8, 4) is 0 Å². The van der Waals surface area contributed by atoms with Gasteiger partial charge >= 0.3 is 5.97 Å². The Morgan fingerprint density at radius 2 is 1.12 bits per heavy atom. The number of imidazole rings is 1. The minimum Gasteiger partial charge on any atom is -0.460 e. The number of hydrogen-bond donors (Lipinski definition) is 2. The highest BCUT2D eigenvalue weighted by atomic mass is 16.5. The zero-order chi connectivity index (χ0) is 35.4. The van der Waals surface area contributed by atoms with E-state index in [4.69, 9.17) is 4.74 Å². The lowest BCUT2D eigenvalue weighted by molar-refractivity contribution is -0.168. The highest BCUT2D eigenvalue weighted by Gasteiger charge is 2.37. The monoisotopic (exact) mass is 690 g/mol. The Kier molecular flexibility index (Phi) is 26.0. The van der Waals surface area contributed by atoms with Gasteiger partial charge in [0.15, 0.2) is 0 Å². The molecule has 0 bridgehead atoms. The highest BCUT2D eigenvalue weighted by molar-refractivity contribution is 5.77. The summed E-state index contributed by atoms with van der Waals surface area (Å²) in [7, 11) is 0. The van der Waals surface area contributed by atoms with Gasteiger partial charge in [-0.15, -0.1) is 0 Å². The Morgan fingerprint density at radius 3 is 1.63 bits per heavy atom. The van der Waals surface area contributed by atoms with E-state index < -0.39 is 12.1 Å². The second-order valence-electron chi connectivity index (χ2n) is 15.4. The summed E-state index contributed by atoms with van der Waals surface area (Å²) >= 11 is 0. The predicted molar refractivity (Wildman–Crippen MR) is 205 cm³/mol. The Labute approximate surface area is 302 Å². The van der Waals surface area contributed by atoms with Crippen LogP contribution in [0.15, 0.2) is 12.5 Å². The zero-order valence-electron chi connectivity index (χ0n) is 32.4. The number of morpholine rings is 1. The molecule has 0 amide bonds. The molecule has 2 rings (SSSR count). The van der Waals surface area contributed by atoms with Crippen LogP contribution in [0.25, 0.3) is 0 Å². The fraction of sp³-hybridized carbons (Fsp3) is 0.905. The molecule has 4 unspecified atom stereocenters. The predicted octanol–water partition coefficient (Wildman–Crippen LogP) is 10.3. The number of ether oxygens (including phenoxy) is 1. The van der Waals surface area contributed by atoms with Crippen molar-refractivity contribution in [3.63, 3.8) is 0 Å². The first-order chi connectivity index (χ1) is 24.0. The van der Waals surface area contributed by atoms with Gasteiger partial charge in [0.1, 0.15) is 12.1 Å². The van der Waals surface area contributed by atoms with E-state index in [0.717, 1.165) is 50.6 Å². The Balaban J connectivity index is 1.84. The summed E-state index contributed by atoms with van der Waals surface area (Å²) in [6.07, 6.45) is 36.0. The molecule has 1 fully saturated rings. The number of aromatic nitrogens is 2. The van der Waals surface area contributed by atoms with E-state index in [1.165, 1.54) is 128 Å². The number of esters is 1. The van der Waals surface area contributed by atoms with Gasteiger partial charge in [-0.25, -0.2) is 4.98 Å². The first kappa shape index (κ1) is 43.7. The summed E-state index contributed by atoms with van der Waals surface area (Å²) in [5, 5.41) is 21.7. The van der Waals surface area contributed by atoms with Gasteiger partial charge in [-0.05, 0) is 25.7 Å². The Hall–Kier alpha value is -1.44. The largest absolute Gasteiger partial charge is 0.460 e. The number of carbonyl (C=O) groups is 1. The number of cyclic esters (lactones) is 1. The summed E-state index contributed by atoms with van der Waals surface area (Å²) in [6.45, 7) is 8.47. The highest BCUT2D eigenvalue weighted by Crippen LogP contribution is 2.23. The van der Waals surface area contributed by atoms with Gasteiger partial charge in [-0.1, -0.05) is 168 Å². The molecule has 2 heterocycles. The van der Waals surface area contributed by atoms with Crippen LogP contribution < -0.4 is 0 Å². The molecule has 0 aliphatic carbocycles. The van der Waals surface area contributed by atoms with Crippen molar-refractivity contribution in [1.29, 1.82) is 0 Å². The molecule has 7 nitrogen and oxygen atoms in total. The molecule has 1 aromatic heterocycles. The Bertz CT molecular complexity index is 906. The van der Waals surface area contributed by atoms with Gasteiger partial charge in [-0.2, -0.15) is 0 Å².